The first-order valence-corrected chi connectivity index (χ1v) is 5.16. The lowest BCUT2D eigenvalue weighted by atomic mass is 9.83. The number of halogens is 2. The molecule has 3 nitrogen and oxygen atoms in total. The Hall–Kier alpha value is -0.710. The van der Waals surface area contributed by atoms with Crippen LogP contribution >= 0.6 is 0 Å². The molecule has 0 heterocycles. The van der Waals surface area contributed by atoms with Crippen LogP contribution in [0.2, 0.25) is 0 Å². The lowest BCUT2D eigenvalue weighted by Crippen LogP contribution is -2.35. The Balaban J connectivity index is 2.32. The molecule has 1 atom stereocenters. The molecule has 0 aromatic rings. The van der Waals surface area contributed by atoms with E-state index < -0.39 is 17.9 Å². The molecule has 0 amide bonds. The van der Waals surface area contributed by atoms with Crippen molar-refractivity contribution in [2.24, 2.45) is 11.7 Å². The van der Waals surface area contributed by atoms with Crippen LogP contribution in [0.15, 0.2) is 0 Å². The Morgan fingerprint density at radius 2 is 2.07 bits per heavy atom. The molecule has 1 aliphatic rings. The number of hydrogen-bond donors (Lipinski definition) is 1. The van der Waals surface area contributed by atoms with Crippen molar-refractivity contribution in [3.63, 3.8) is 0 Å². The van der Waals surface area contributed by atoms with Crippen molar-refractivity contribution in [3.05, 3.63) is 0 Å². The van der Waals surface area contributed by atoms with Gasteiger partial charge in [0, 0.05) is 12.8 Å². The van der Waals surface area contributed by atoms with Gasteiger partial charge in [-0.25, -0.2) is 8.78 Å². The second kappa shape index (κ2) is 4.88. The number of methoxy groups -OCH3 is 1. The van der Waals surface area contributed by atoms with Gasteiger partial charge in [-0.3, -0.25) is 4.79 Å². The van der Waals surface area contributed by atoms with E-state index in [-0.39, 0.29) is 18.8 Å². The van der Waals surface area contributed by atoms with E-state index in [1.807, 2.05) is 0 Å². The summed E-state index contributed by atoms with van der Waals surface area (Å²) in [7, 11) is 1.28. The van der Waals surface area contributed by atoms with E-state index in [2.05, 4.69) is 4.74 Å². The summed E-state index contributed by atoms with van der Waals surface area (Å²) in [6, 6.07) is -0.674. The van der Waals surface area contributed by atoms with Gasteiger partial charge >= 0.3 is 5.97 Å². The van der Waals surface area contributed by atoms with Gasteiger partial charge in [0.15, 0.2) is 0 Å². The molecule has 0 saturated heterocycles. The largest absolute Gasteiger partial charge is 0.468 e. The first-order valence-electron chi connectivity index (χ1n) is 5.16. The van der Waals surface area contributed by atoms with Crippen LogP contribution in [-0.4, -0.2) is 25.0 Å². The molecule has 1 fully saturated rings. The summed E-state index contributed by atoms with van der Waals surface area (Å²) in [6.45, 7) is 0. The van der Waals surface area contributed by atoms with E-state index in [9.17, 15) is 13.6 Å². The zero-order chi connectivity index (χ0) is 11.5. The predicted molar refractivity (Wildman–Crippen MR) is 51.5 cm³/mol. The van der Waals surface area contributed by atoms with Crippen molar-refractivity contribution >= 4 is 5.97 Å². The number of ether oxygens (including phenoxy) is 1. The summed E-state index contributed by atoms with van der Waals surface area (Å²) < 4.78 is 30.1. The summed E-state index contributed by atoms with van der Waals surface area (Å²) in [5.41, 5.74) is 5.56. The molecule has 0 unspecified atom stereocenters. The fourth-order valence-corrected chi connectivity index (χ4v) is 1.94. The third kappa shape index (κ3) is 3.74. The zero-order valence-electron chi connectivity index (χ0n) is 8.84. The van der Waals surface area contributed by atoms with E-state index in [0.29, 0.717) is 19.3 Å². The van der Waals surface area contributed by atoms with Crippen LogP contribution < -0.4 is 5.73 Å². The van der Waals surface area contributed by atoms with Crippen LogP contribution in [-0.2, 0) is 9.53 Å². The number of hydrogen-bond acceptors (Lipinski definition) is 3. The van der Waals surface area contributed by atoms with Crippen molar-refractivity contribution in [2.45, 2.75) is 44.1 Å². The molecular weight excluding hydrogens is 204 g/mol. The average Bonchev–Trinajstić information content (AvgIpc) is 2.20. The van der Waals surface area contributed by atoms with Crippen LogP contribution in [0.3, 0.4) is 0 Å². The monoisotopic (exact) mass is 221 g/mol. The number of rotatable bonds is 3. The smallest absolute Gasteiger partial charge is 0.322 e. The topological polar surface area (TPSA) is 52.3 Å². The van der Waals surface area contributed by atoms with Crippen LogP contribution in [0.4, 0.5) is 8.78 Å². The summed E-state index contributed by atoms with van der Waals surface area (Å²) >= 11 is 0. The SMILES string of the molecule is COC(=O)[C@H](N)CC1CCC(F)(F)CC1. The van der Waals surface area contributed by atoms with Crippen LogP contribution in [0.5, 0.6) is 0 Å². The fourth-order valence-electron chi connectivity index (χ4n) is 1.94. The highest BCUT2D eigenvalue weighted by Crippen LogP contribution is 2.37. The summed E-state index contributed by atoms with van der Waals surface area (Å²) in [4.78, 5) is 11.0. The maximum atomic E-state index is 12.8. The van der Waals surface area contributed by atoms with Gasteiger partial charge in [0.2, 0.25) is 5.92 Å². The van der Waals surface area contributed by atoms with Gasteiger partial charge in [0.25, 0.3) is 0 Å². The van der Waals surface area contributed by atoms with Gasteiger partial charge in [-0.1, -0.05) is 0 Å². The minimum Gasteiger partial charge on any atom is -0.468 e. The molecule has 0 spiro atoms. The molecular formula is C10H17F2NO2. The van der Waals surface area contributed by atoms with Crippen molar-refractivity contribution in [1.29, 1.82) is 0 Å². The molecule has 0 aromatic carbocycles. The van der Waals surface area contributed by atoms with Crippen molar-refractivity contribution in [2.75, 3.05) is 7.11 Å². The van der Waals surface area contributed by atoms with Crippen LogP contribution in [0, 0.1) is 5.92 Å². The standard InChI is InChI=1S/C10H17F2NO2/c1-15-9(14)8(13)6-7-2-4-10(11,12)5-3-7/h7-8H,2-6,13H2,1H3/t8-/m1/s1. The molecule has 1 saturated carbocycles. The summed E-state index contributed by atoms with van der Waals surface area (Å²) in [5.74, 6) is -2.86. The molecule has 0 aromatic heterocycles. The average molecular weight is 221 g/mol. The summed E-state index contributed by atoms with van der Waals surface area (Å²) in [5, 5.41) is 0. The molecule has 5 heteroatoms. The lowest BCUT2D eigenvalue weighted by molar-refractivity contribution is -0.142. The Kier molecular flexibility index (Phi) is 4.02. The molecule has 15 heavy (non-hydrogen) atoms. The van der Waals surface area contributed by atoms with E-state index in [1.54, 1.807) is 0 Å². The zero-order valence-corrected chi connectivity index (χ0v) is 8.84. The third-order valence-corrected chi connectivity index (χ3v) is 2.93. The normalized spacial score (nSPS) is 23.5. The van der Waals surface area contributed by atoms with Gasteiger partial charge in [0.1, 0.15) is 6.04 Å². The number of carbonyl (C=O) groups is 1. The molecule has 88 valence electrons. The maximum Gasteiger partial charge on any atom is 0.322 e. The number of alkyl halides is 2. The Bertz CT molecular complexity index is 223. The molecule has 0 aliphatic heterocycles. The van der Waals surface area contributed by atoms with Crippen LogP contribution in [0.25, 0.3) is 0 Å². The quantitative estimate of drug-likeness (QED) is 0.738. The highest BCUT2D eigenvalue weighted by molar-refractivity contribution is 5.75. The Morgan fingerprint density at radius 1 is 1.53 bits per heavy atom. The van der Waals surface area contributed by atoms with Gasteiger partial charge < -0.3 is 10.5 Å². The van der Waals surface area contributed by atoms with Crippen LogP contribution in [0.1, 0.15) is 32.1 Å². The van der Waals surface area contributed by atoms with E-state index in [0.717, 1.165) is 0 Å². The fraction of sp³-hybridized carbons (Fsp3) is 0.900. The minimum atomic E-state index is -2.52. The first-order chi connectivity index (χ1) is 6.94. The Labute approximate surface area is 88.0 Å². The highest BCUT2D eigenvalue weighted by atomic mass is 19.3. The van der Waals surface area contributed by atoms with Crippen molar-refractivity contribution < 1.29 is 18.3 Å². The number of carbonyl (C=O) groups excluding carboxylic acids is 1. The van der Waals surface area contributed by atoms with E-state index in [4.69, 9.17) is 5.73 Å². The van der Waals surface area contributed by atoms with Gasteiger partial charge in [0.05, 0.1) is 7.11 Å². The van der Waals surface area contributed by atoms with Gasteiger partial charge in [-0.2, -0.15) is 0 Å². The highest BCUT2D eigenvalue weighted by Gasteiger charge is 2.35. The maximum absolute atomic E-state index is 12.8. The number of esters is 1. The molecule has 0 radical (unpaired) electrons. The minimum absolute atomic E-state index is 0.0917. The first kappa shape index (κ1) is 12.4. The van der Waals surface area contributed by atoms with Gasteiger partial charge in [-0.15, -0.1) is 0 Å². The van der Waals surface area contributed by atoms with Gasteiger partial charge in [-0.05, 0) is 25.2 Å². The second-order valence-corrected chi connectivity index (χ2v) is 4.16. The second-order valence-electron chi connectivity index (χ2n) is 4.16. The molecule has 1 aliphatic carbocycles. The predicted octanol–water partition coefficient (Wildman–Crippen LogP) is 1.70. The van der Waals surface area contributed by atoms with Crippen molar-refractivity contribution in [3.8, 4) is 0 Å². The molecule has 0 bridgehead atoms. The third-order valence-electron chi connectivity index (χ3n) is 2.93. The van der Waals surface area contributed by atoms with Crippen molar-refractivity contribution in [1.82, 2.24) is 0 Å². The van der Waals surface area contributed by atoms with E-state index in [1.165, 1.54) is 7.11 Å². The molecule has 1 rings (SSSR count). The number of nitrogens with two attached hydrogens (primary N) is 1. The Morgan fingerprint density at radius 3 is 2.53 bits per heavy atom. The summed E-state index contributed by atoms with van der Waals surface area (Å²) in [6.07, 6.45) is 1.15. The van der Waals surface area contributed by atoms with E-state index >= 15 is 0 Å². The molecule has 2 N–H and O–H groups in total. The lowest BCUT2D eigenvalue weighted by Gasteiger charge is -2.29.